The molecule has 2 rings (SSSR count). The molecule has 0 radical (unpaired) electrons. The summed E-state index contributed by atoms with van der Waals surface area (Å²) in [6.07, 6.45) is 12.5. The first-order chi connectivity index (χ1) is 16.3. The standard InChI is InChI=1S/C28H53N3O3Si/c1-21(20-23(3)24(4)34-35(8,9)27(5,6)7)14-15-25-12-10-17-28(32-25)18-16-22(2)26(33-28)13-11-19-30-31-29/h20-22,24-26H,10-19H2,1-9H3/b23-20+/t21-,22-,24-,25-,26+,28-/m0/s1. The van der Waals surface area contributed by atoms with Gasteiger partial charge in [0, 0.05) is 24.3 Å². The second-order valence-electron chi connectivity index (χ2n) is 12.8. The monoisotopic (exact) mass is 507 g/mol. The predicted molar refractivity (Wildman–Crippen MR) is 148 cm³/mol. The summed E-state index contributed by atoms with van der Waals surface area (Å²) >= 11 is 0. The summed E-state index contributed by atoms with van der Waals surface area (Å²) in [6, 6.07) is 0. The molecule has 2 aliphatic rings. The fourth-order valence-electron chi connectivity index (χ4n) is 5.16. The lowest BCUT2D eigenvalue weighted by molar-refractivity contribution is -0.324. The summed E-state index contributed by atoms with van der Waals surface area (Å²) in [7, 11) is -1.77. The maximum absolute atomic E-state index is 8.52. The van der Waals surface area contributed by atoms with E-state index in [1.165, 1.54) is 12.0 Å². The molecule has 0 aromatic heterocycles. The molecule has 6 nitrogen and oxygen atoms in total. The Morgan fingerprint density at radius 3 is 2.57 bits per heavy atom. The molecule has 0 aliphatic carbocycles. The Bertz CT molecular complexity index is 744. The first kappa shape index (κ1) is 30.4. The Labute approximate surface area is 216 Å². The van der Waals surface area contributed by atoms with Gasteiger partial charge in [-0.2, -0.15) is 0 Å². The van der Waals surface area contributed by atoms with Crippen LogP contribution in [-0.4, -0.2) is 39.0 Å². The fourth-order valence-corrected chi connectivity index (χ4v) is 6.58. The zero-order chi connectivity index (χ0) is 26.3. The SMILES string of the molecule is C/C(=C\[C@@H](C)CC[C@@H]1CCC[C@]2(CC[C@H](C)[C@@H](CCCN=[N+]=[N-])O2)O1)[C@H](C)O[Si](C)(C)C(C)(C)C. The van der Waals surface area contributed by atoms with Crippen LogP contribution in [0.3, 0.4) is 0 Å². The molecule has 2 aliphatic heterocycles. The van der Waals surface area contributed by atoms with Crippen molar-refractivity contribution in [1.29, 1.82) is 0 Å². The van der Waals surface area contributed by atoms with E-state index in [0.717, 1.165) is 51.4 Å². The molecule has 202 valence electrons. The van der Waals surface area contributed by atoms with Gasteiger partial charge in [0.05, 0.1) is 18.3 Å². The third-order valence-electron chi connectivity index (χ3n) is 8.67. The molecule has 7 heteroatoms. The molecule has 35 heavy (non-hydrogen) atoms. The smallest absolute Gasteiger partial charge is 0.192 e. The normalized spacial score (nSPS) is 30.1. The first-order valence-corrected chi connectivity index (χ1v) is 16.9. The van der Waals surface area contributed by atoms with Crippen LogP contribution in [0.2, 0.25) is 18.1 Å². The van der Waals surface area contributed by atoms with Crippen LogP contribution in [0.5, 0.6) is 0 Å². The largest absolute Gasteiger partial charge is 0.411 e. The number of ether oxygens (including phenoxy) is 2. The van der Waals surface area contributed by atoms with Gasteiger partial charge in [-0.3, -0.25) is 0 Å². The zero-order valence-electron chi connectivity index (χ0n) is 24.1. The summed E-state index contributed by atoms with van der Waals surface area (Å²) in [6.45, 7) is 21.1. The van der Waals surface area contributed by atoms with Crippen molar-refractivity contribution in [2.75, 3.05) is 6.54 Å². The van der Waals surface area contributed by atoms with Crippen LogP contribution in [0.4, 0.5) is 0 Å². The Balaban J connectivity index is 1.87. The van der Waals surface area contributed by atoms with E-state index in [2.05, 4.69) is 77.7 Å². The Morgan fingerprint density at radius 1 is 1.20 bits per heavy atom. The summed E-state index contributed by atoms with van der Waals surface area (Å²) in [5.74, 6) is 0.626. The highest BCUT2D eigenvalue weighted by Crippen LogP contribution is 2.43. The third kappa shape index (κ3) is 9.19. The van der Waals surface area contributed by atoms with E-state index in [1.54, 1.807) is 0 Å². The van der Waals surface area contributed by atoms with Crippen LogP contribution >= 0.6 is 0 Å². The highest BCUT2D eigenvalue weighted by molar-refractivity contribution is 6.74. The highest BCUT2D eigenvalue weighted by atomic mass is 28.4. The van der Waals surface area contributed by atoms with Gasteiger partial charge in [0.2, 0.25) is 0 Å². The zero-order valence-corrected chi connectivity index (χ0v) is 25.1. The topological polar surface area (TPSA) is 76.5 Å². The van der Waals surface area contributed by atoms with Gasteiger partial charge in [-0.25, -0.2) is 0 Å². The van der Waals surface area contributed by atoms with Crippen LogP contribution < -0.4 is 0 Å². The van der Waals surface area contributed by atoms with Gasteiger partial charge in [0.25, 0.3) is 0 Å². The van der Waals surface area contributed by atoms with Crippen molar-refractivity contribution in [3.05, 3.63) is 22.1 Å². The van der Waals surface area contributed by atoms with Gasteiger partial charge < -0.3 is 13.9 Å². The minimum absolute atomic E-state index is 0.168. The quantitative estimate of drug-likeness (QED) is 0.0699. The first-order valence-electron chi connectivity index (χ1n) is 14.0. The maximum atomic E-state index is 8.52. The molecule has 0 aromatic rings. The number of hydrogen-bond acceptors (Lipinski definition) is 4. The van der Waals surface area contributed by atoms with Crippen molar-refractivity contribution in [1.82, 2.24) is 0 Å². The fraction of sp³-hybridized carbons (Fsp3) is 0.929. The van der Waals surface area contributed by atoms with Crippen molar-refractivity contribution in [3.63, 3.8) is 0 Å². The lowest BCUT2D eigenvalue weighted by Gasteiger charge is -2.48. The second-order valence-corrected chi connectivity index (χ2v) is 17.6. The number of hydrogen-bond donors (Lipinski definition) is 0. The van der Waals surface area contributed by atoms with E-state index >= 15 is 0 Å². The maximum Gasteiger partial charge on any atom is 0.192 e. The van der Waals surface area contributed by atoms with Gasteiger partial charge in [-0.15, -0.1) is 0 Å². The molecule has 2 heterocycles. The molecule has 0 bridgehead atoms. The van der Waals surface area contributed by atoms with E-state index in [0.29, 0.717) is 18.4 Å². The molecule has 0 unspecified atom stereocenters. The molecule has 0 aromatic carbocycles. The van der Waals surface area contributed by atoms with Crippen molar-refractivity contribution in [2.45, 2.75) is 148 Å². The summed E-state index contributed by atoms with van der Waals surface area (Å²) in [5, 5.41) is 3.91. The average molecular weight is 508 g/mol. The molecule has 0 saturated carbocycles. The van der Waals surface area contributed by atoms with E-state index < -0.39 is 14.1 Å². The van der Waals surface area contributed by atoms with E-state index in [1.807, 2.05) is 0 Å². The Kier molecular flexibility index (Phi) is 11.4. The van der Waals surface area contributed by atoms with E-state index in [-0.39, 0.29) is 23.4 Å². The number of rotatable bonds is 11. The van der Waals surface area contributed by atoms with Crippen molar-refractivity contribution >= 4 is 8.32 Å². The van der Waals surface area contributed by atoms with E-state index in [9.17, 15) is 0 Å². The van der Waals surface area contributed by atoms with Crippen molar-refractivity contribution < 1.29 is 13.9 Å². The van der Waals surface area contributed by atoms with Crippen LogP contribution in [-0.2, 0) is 13.9 Å². The predicted octanol–water partition coefficient (Wildman–Crippen LogP) is 8.93. The highest BCUT2D eigenvalue weighted by Gasteiger charge is 2.44. The molecule has 1 spiro atoms. The number of allylic oxidation sites excluding steroid dienone is 1. The van der Waals surface area contributed by atoms with Crippen LogP contribution in [0, 0.1) is 11.8 Å². The van der Waals surface area contributed by atoms with Gasteiger partial charge in [-0.05, 0) is 99.9 Å². The molecular weight excluding hydrogens is 454 g/mol. The van der Waals surface area contributed by atoms with Gasteiger partial charge in [0.15, 0.2) is 14.1 Å². The lowest BCUT2D eigenvalue weighted by atomic mass is 9.85. The van der Waals surface area contributed by atoms with Crippen molar-refractivity contribution in [3.8, 4) is 0 Å². The Hall–Kier alpha value is -0.853. The van der Waals surface area contributed by atoms with Crippen LogP contribution in [0.15, 0.2) is 16.8 Å². The number of nitrogens with zero attached hydrogens (tertiary/aromatic N) is 3. The van der Waals surface area contributed by atoms with Gasteiger partial charge in [0.1, 0.15) is 0 Å². The average Bonchev–Trinajstić information content (AvgIpc) is 2.77. The van der Waals surface area contributed by atoms with Gasteiger partial charge in [-0.1, -0.05) is 45.8 Å². The molecule has 2 fully saturated rings. The van der Waals surface area contributed by atoms with Crippen LogP contribution in [0.25, 0.3) is 10.4 Å². The molecule has 0 amide bonds. The number of azide groups is 1. The lowest BCUT2D eigenvalue weighted by Crippen LogP contribution is -2.50. The van der Waals surface area contributed by atoms with E-state index in [4.69, 9.17) is 19.4 Å². The third-order valence-corrected chi connectivity index (χ3v) is 13.2. The van der Waals surface area contributed by atoms with Crippen LogP contribution in [0.1, 0.15) is 106 Å². The summed E-state index contributed by atoms with van der Waals surface area (Å²) in [4.78, 5) is 2.87. The minimum atomic E-state index is -1.77. The van der Waals surface area contributed by atoms with Crippen molar-refractivity contribution in [2.24, 2.45) is 17.0 Å². The molecular formula is C28H53N3O3Si. The van der Waals surface area contributed by atoms with Gasteiger partial charge >= 0.3 is 0 Å². The molecule has 6 atom stereocenters. The molecule has 0 N–H and O–H groups in total. The minimum Gasteiger partial charge on any atom is -0.411 e. The summed E-state index contributed by atoms with van der Waals surface area (Å²) < 4.78 is 19.9. The summed E-state index contributed by atoms with van der Waals surface area (Å²) in [5.41, 5.74) is 9.86. The molecule has 2 saturated heterocycles. The Morgan fingerprint density at radius 2 is 1.91 bits per heavy atom. The second kappa shape index (κ2) is 13.1.